The third kappa shape index (κ3) is 6.53. The molecule has 2 fully saturated rings. The number of carbonyl (C=O) groups is 1. The van der Waals surface area contributed by atoms with Crippen LogP contribution < -0.4 is 0 Å². The molecule has 0 saturated heterocycles. The minimum atomic E-state index is -0.874. The summed E-state index contributed by atoms with van der Waals surface area (Å²) in [5.74, 6) is -0.741. The van der Waals surface area contributed by atoms with Crippen LogP contribution >= 0.6 is 0 Å². The Kier molecular flexibility index (Phi) is 9.64. The number of hydrogen-bond acceptors (Lipinski definition) is 4. The topological polar surface area (TPSA) is 98.0 Å². The van der Waals surface area contributed by atoms with Crippen molar-refractivity contribution >= 4 is 5.97 Å². The molecule has 1 unspecified atom stereocenters. The predicted molar refractivity (Wildman–Crippen MR) is 115 cm³/mol. The molecule has 29 heavy (non-hydrogen) atoms. The predicted octanol–water partition coefficient (Wildman–Crippen LogP) is 4.44. The second kappa shape index (κ2) is 11.5. The van der Waals surface area contributed by atoms with Crippen LogP contribution in [0.1, 0.15) is 97.3 Å². The van der Waals surface area contributed by atoms with Gasteiger partial charge in [-0.2, -0.15) is 0 Å². The van der Waals surface area contributed by atoms with Crippen LogP contribution in [0.3, 0.4) is 0 Å². The average molecular weight is 411 g/mol. The number of aliphatic carboxylic acids is 1. The van der Waals surface area contributed by atoms with Crippen molar-refractivity contribution in [1.82, 2.24) is 0 Å². The van der Waals surface area contributed by atoms with Crippen LogP contribution in [-0.4, -0.2) is 44.7 Å². The largest absolute Gasteiger partial charge is 0.478 e. The maximum absolute atomic E-state index is 10.9. The van der Waals surface area contributed by atoms with Crippen molar-refractivity contribution in [2.75, 3.05) is 0 Å². The van der Waals surface area contributed by atoms with Crippen LogP contribution in [0.4, 0.5) is 0 Å². The number of aliphatic hydroxyl groups is 3. The van der Waals surface area contributed by atoms with E-state index in [-0.39, 0.29) is 23.4 Å². The Balaban J connectivity index is 1.81. The lowest BCUT2D eigenvalue weighted by Gasteiger charge is -2.46. The van der Waals surface area contributed by atoms with Gasteiger partial charge in [0.15, 0.2) is 0 Å². The summed E-state index contributed by atoms with van der Waals surface area (Å²) in [4.78, 5) is 10.8. The highest BCUT2D eigenvalue weighted by Crippen LogP contribution is 2.50. The third-order valence-corrected chi connectivity index (χ3v) is 7.66. The first-order valence-corrected chi connectivity index (χ1v) is 11.7. The quantitative estimate of drug-likeness (QED) is 0.266. The van der Waals surface area contributed by atoms with E-state index in [1.807, 2.05) is 0 Å². The summed E-state index contributed by atoms with van der Waals surface area (Å²) in [5, 5.41) is 40.7. The van der Waals surface area contributed by atoms with Crippen molar-refractivity contribution in [1.29, 1.82) is 0 Å². The van der Waals surface area contributed by atoms with Gasteiger partial charge in [0.1, 0.15) is 0 Å². The minimum Gasteiger partial charge on any atom is -0.478 e. The number of hydrogen-bond donors (Lipinski definition) is 4. The van der Waals surface area contributed by atoms with Crippen LogP contribution in [-0.2, 0) is 4.79 Å². The van der Waals surface area contributed by atoms with Gasteiger partial charge in [0.05, 0.1) is 18.3 Å². The normalized spacial score (nSPS) is 30.2. The SMILES string of the molecule is CCCCC1(C(O)CC[C@@H]2[C@@H](CCCCC=C(C)C(=O)O)[C@@H](O)C[C@H]2O)CCC1. The van der Waals surface area contributed by atoms with E-state index in [9.17, 15) is 20.1 Å². The van der Waals surface area contributed by atoms with Gasteiger partial charge in [-0.25, -0.2) is 4.79 Å². The van der Waals surface area contributed by atoms with Gasteiger partial charge in [-0.15, -0.1) is 0 Å². The summed E-state index contributed by atoms with van der Waals surface area (Å²) in [5.41, 5.74) is 0.475. The molecule has 0 aliphatic heterocycles. The van der Waals surface area contributed by atoms with E-state index in [2.05, 4.69) is 6.92 Å². The minimum absolute atomic E-state index is 0.0549. The summed E-state index contributed by atoms with van der Waals surface area (Å²) < 4.78 is 0. The maximum atomic E-state index is 10.9. The zero-order valence-electron chi connectivity index (χ0n) is 18.4. The molecule has 168 valence electrons. The van der Waals surface area contributed by atoms with Crippen LogP contribution in [0.2, 0.25) is 0 Å². The fourth-order valence-corrected chi connectivity index (χ4v) is 5.48. The Morgan fingerprint density at radius 1 is 1.10 bits per heavy atom. The molecule has 5 nitrogen and oxygen atoms in total. The van der Waals surface area contributed by atoms with Crippen LogP contribution in [0.15, 0.2) is 11.6 Å². The smallest absolute Gasteiger partial charge is 0.330 e. The summed E-state index contributed by atoms with van der Waals surface area (Å²) in [7, 11) is 0. The van der Waals surface area contributed by atoms with Crippen molar-refractivity contribution in [3.05, 3.63) is 11.6 Å². The fraction of sp³-hybridized carbons (Fsp3) is 0.875. The lowest BCUT2D eigenvalue weighted by molar-refractivity contribution is -0.132. The first-order chi connectivity index (χ1) is 13.8. The molecule has 2 rings (SSSR count). The average Bonchev–Trinajstić information content (AvgIpc) is 2.91. The summed E-state index contributed by atoms with van der Waals surface area (Å²) in [6, 6.07) is 0. The summed E-state index contributed by atoms with van der Waals surface area (Å²) >= 11 is 0. The van der Waals surface area contributed by atoms with Crippen molar-refractivity contribution in [2.24, 2.45) is 17.3 Å². The molecule has 5 heteroatoms. The molecule has 0 spiro atoms. The molecule has 0 bridgehead atoms. The molecule has 0 amide bonds. The number of carboxylic acid groups (broad SMARTS) is 1. The first kappa shape index (κ1) is 24.4. The van der Waals surface area contributed by atoms with E-state index < -0.39 is 18.2 Å². The lowest BCUT2D eigenvalue weighted by atomic mass is 9.61. The molecule has 0 aromatic rings. The maximum Gasteiger partial charge on any atom is 0.330 e. The second-order valence-corrected chi connectivity index (χ2v) is 9.59. The molecular formula is C24H42O5. The fourth-order valence-electron chi connectivity index (χ4n) is 5.48. The molecule has 4 N–H and O–H groups in total. The van der Waals surface area contributed by atoms with Gasteiger partial charge in [-0.1, -0.05) is 38.7 Å². The number of aliphatic hydroxyl groups excluding tert-OH is 3. The third-order valence-electron chi connectivity index (χ3n) is 7.66. The Morgan fingerprint density at radius 3 is 2.31 bits per heavy atom. The molecule has 0 aromatic heterocycles. The van der Waals surface area contributed by atoms with Crippen molar-refractivity contribution < 1.29 is 25.2 Å². The van der Waals surface area contributed by atoms with Gasteiger partial charge in [0.25, 0.3) is 0 Å². The van der Waals surface area contributed by atoms with E-state index in [0.29, 0.717) is 12.0 Å². The number of carboxylic acids is 1. The highest BCUT2D eigenvalue weighted by Gasteiger charge is 2.45. The van der Waals surface area contributed by atoms with Crippen LogP contribution in [0, 0.1) is 17.3 Å². The van der Waals surface area contributed by atoms with Crippen molar-refractivity contribution in [3.8, 4) is 0 Å². The Labute approximate surface area is 176 Å². The van der Waals surface area contributed by atoms with E-state index in [1.54, 1.807) is 13.0 Å². The number of unbranched alkanes of at least 4 members (excludes halogenated alkanes) is 3. The summed E-state index contributed by atoms with van der Waals surface area (Å²) in [6.45, 7) is 3.80. The van der Waals surface area contributed by atoms with Crippen molar-refractivity contribution in [3.63, 3.8) is 0 Å². The number of allylic oxidation sites excluding steroid dienone is 1. The standard InChI is InChI=1S/C24H42O5/c1-3-4-13-24(14-8-15-24)22(27)12-11-19-18(20(25)16-21(19)26)10-7-5-6-9-17(2)23(28)29/h9,18-22,25-27H,3-8,10-16H2,1-2H3,(H,28,29)/t18-,19-,20+,21-,22?/m1/s1. The Hall–Kier alpha value is -0.910. The lowest BCUT2D eigenvalue weighted by Crippen LogP contribution is -2.42. The van der Waals surface area contributed by atoms with Gasteiger partial charge in [0, 0.05) is 5.57 Å². The van der Waals surface area contributed by atoms with Gasteiger partial charge in [0.2, 0.25) is 0 Å². The molecule has 0 aromatic carbocycles. The molecule has 0 radical (unpaired) electrons. The monoisotopic (exact) mass is 410 g/mol. The molecule has 2 saturated carbocycles. The highest BCUT2D eigenvalue weighted by molar-refractivity contribution is 5.85. The van der Waals surface area contributed by atoms with Gasteiger partial charge in [-0.3, -0.25) is 0 Å². The number of rotatable bonds is 13. The molecule has 2 aliphatic carbocycles. The van der Waals surface area contributed by atoms with Crippen LogP contribution in [0.25, 0.3) is 0 Å². The second-order valence-electron chi connectivity index (χ2n) is 9.59. The van der Waals surface area contributed by atoms with Gasteiger partial charge in [-0.05, 0) is 82.0 Å². The van der Waals surface area contributed by atoms with E-state index in [4.69, 9.17) is 5.11 Å². The van der Waals surface area contributed by atoms with E-state index in [0.717, 1.165) is 64.2 Å². The molecule has 0 heterocycles. The highest BCUT2D eigenvalue weighted by atomic mass is 16.4. The molecule has 5 atom stereocenters. The van der Waals surface area contributed by atoms with Gasteiger partial charge < -0.3 is 20.4 Å². The van der Waals surface area contributed by atoms with E-state index >= 15 is 0 Å². The Bertz CT molecular complexity index is 539. The molecule has 2 aliphatic rings. The summed E-state index contributed by atoms with van der Waals surface area (Å²) in [6.07, 6.45) is 12.7. The molecular weight excluding hydrogens is 368 g/mol. The van der Waals surface area contributed by atoms with E-state index in [1.165, 1.54) is 12.8 Å². The van der Waals surface area contributed by atoms with Crippen LogP contribution in [0.5, 0.6) is 0 Å². The Morgan fingerprint density at radius 2 is 1.76 bits per heavy atom. The zero-order valence-corrected chi connectivity index (χ0v) is 18.4. The van der Waals surface area contributed by atoms with Crippen molar-refractivity contribution in [2.45, 2.75) is 116 Å². The zero-order chi connectivity index (χ0) is 21.4. The first-order valence-electron chi connectivity index (χ1n) is 11.7. The van der Waals surface area contributed by atoms with Gasteiger partial charge >= 0.3 is 5.97 Å².